The summed E-state index contributed by atoms with van der Waals surface area (Å²) in [5, 5.41) is 32.8. The number of benzene rings is 2. The highest BCUT2D eigenvalue weighted by molar-refractivity contribution is 5.91. The van der Waals surface area contributed by atoms with E-state index in [0.717, 1.165) is 5.56 Å². The normalized spacial score (nSPS) is 18.8. The van der Waals surface area contributed by atoms with Gasteiger partial charge in [0.05, 0.1) is 26.1 Å². The maximum atomic E-state index is 14.2. The standard InChI is InChI=1S/C38H49N9O9/c1-23(49)39-17-9-8-12-27(44-38(53)55-20-25-10-6-5-7-11-25)35(51)43-28(18-24-13-15-26(54-4)16-14-24)36(52)45-30-29(19-48)56-37(32(30)50)47-22-42-31-33(46(2)3)40-21-41-34(31)47/h5-7,10-11,13-16,21-22,27-30,32,37,48,50H,8-9,12,17-20H2,1-4H3,(H,39,49)(H,43,51)(H,44,53)(H,45,52). The zero-order valence-corrected chi connectivity index (χ0v) is 31.8. The van der Waals surface area contributed by atoms with E-state index in [0.29, 0.717) is 47.7 Å². The first-order valence-corrected chi connectivity index (χ1v) is 18.2. The Hall–Kier alpha value is -5.85. The van der Waals surface area contributed by atoms with Crippen molar-refractivity contribution in [1.29, 1.82) is 0 Å². The predicted octanol–water partition coefficient (Wildman–Crippen LogP) is 0.965. The van der Waals surface area contributed by atoms with Crippen molar-refractivity contribution >= 4 is 40.8 Å². The van der Waals surface area contributed by atoms with Gasteiger partial charge in [-0.3, -0.25) is 19.0 Å². The van der Waals surface area contributed by atoms with Gasteiger partial charge in [-0.1, -0.05) is 42.5 Å². The number of amides is 4. The smallest absolute Gasteiger partial charge is 0.408 e. The molecule has 1 saturated heterocycles. The number of hydrogen-bond donors (Lipinski definition) is 6. The van der Waals surface area contributed by atoms with Crippen LogP contribution in [0.15, 0.2) is 67.3 Å². The molecule has 5 rings (SSSR count). The number of methoxy groups -OCH3 is 1. The van der Waals surface area contributed by atoms with E-state index in [-0.39, 0.29) is 25.4 Å². The third-order valence-electron chi connectivity index (χ3n) is 9.25. The van der Waals surface area contributed by atoms with Gasteiger partial charge in [0, 0.05) is 34.0 Å². The summed E-state index contributed by atoms with van der Waals surface area (Å²) < 4.78 is 18.2. The van der Waals surface area contributed by atoms with Crippen molar-refractivity contribution in [3.63, 3.8) is 0 Å². The number of carbonyl (C=O) groups excluding carboxylic acids is 4. The van der Waals surface area contributed by atoms with Crippen LogP contribution in [0.4, 0.5) is 10.6 Å². The average molecular weight is 776 g/mol. The predicted molar refractivity (Wildman–Crippen MR) is 203 cm³/mol. The molecule has 0 bridgehead atoms. The number of rotatable bonds is 18. The Morgan fingerprint density at radius 1 is 0.946 bits per heavy atom. The fourth-order valence-corrected chi connectivity index (χ4v) is 6.32. The molecule has 300 valence electrons. The molecule has 0 spiro atoms. The van der Waals surface area contributed by atoms with Crippen molar-refractivity contribution in [2.24, 2.45) is 0 Å². The Balaban J connectivity index is 1.35. The minimum absolute atomic E-state index is 0.0164. The summed E-state index contributed by atoms with van der Waals surface area (Å²) in [5.41, 5.74) is 2.27. The number of anilines is 1. The number of fused-ring (bicyclic) bond motifs is 1. The molecule has 6 N–H and O–H groups in total. The largest absolute Gasteiger partial charge is 0.497 e. The lowest BCUT2D eigenvalue weighted by Crippen LogP contribution is -2.58. The van der Waals surface area contributed by atoms with E-state index in [2.05, 4.69) is 36.2 Å². The molecule has 1 aliphatic rings. The van der Waals surface area contributed by atoms with Gasteiger partial charge in [0.25, 0.3) is 0 Å². The molecule has 18 heteroatoms. The molecule has 4 amide bonds. The topological polar surface area (TPSA) is 231 Å². The third kappa shape index (κ3) is 10.7. The lowest BCUT2D eigenvalue weighted by atomic mass is 10.0. The van der Waals surface area contributed by atoms with Crippen LogP contribution in [0.5, 0.6) is 5.75 Å². The molecule has 4 aromatic rings. The number of imidazole rings is 1. The van der Waals surface area contributed by atoms with E-state index >= 15 is 0 Å². The molecule has 2 aromatic carbocycles. The second kappa shape index (κ2) is 19.7. The van der Waals surface area contributed by atoms with Crippen LogP contribution in [0, 0.1) is 0 Å². The second-order valence-electron chi connectivity index (χ2n) is 13.5. The molecule has 2 aromatic heterocycles. The minimum Gasteiger partial charge on any atom is -0.497 e. The Kier molecular flexibility index (Phi) is 14.5. The van der Waals surface area contributed by atoms with Crippen LogP contribution in [0.3, 0.4) is 0 Å². The lowest BCUT2D eigenvalue weighted by molar-refractivity contribution is -0.131. The van der Waals surface area contributed by atoms with Crippen LogP contribution in [-0.2, 0) is 36.9 Å². The highest BCUT2D eigenvalue weighted by Gasteiger charge is 2.46. The van der Waals surface area contributed by atoms with E-state index in [1.807, 2.05) is 18.2 Å². The Bertz CT molecular complexity index is 1930. The van der Waals surface area contributed by atoms with Crippen LogP contribution in [0.25, 0.3) is 11.2 Å². The van der Waals surface area contributed by atoms with Gasteiger partial charge < -0.3 is 50.6 Å². The van der Waals surface area contributed by atoms with Gasteiger partial charge in [-0.15, -0.1) is 0 Å². The van der Waals surface area contributed by atoms with Crippen LogP contribution in [-0.4, -0.2) is 118 Å². The van der Waals surface area contributed by atoms with E-state index in [1.54, 1.807) is 55.4 Å². The molecule has 0 aliphatic carbocycles. The Morgan fingerprint density at radius 3 is 2.38 bits per heavy atom. The molecule has 0 saturated carbocycles. The van der Waals surface area contributed by atoms with E-state index in [4.69, 9.17) is 14.2 Å². The fraction of sp³-hybridized carbons (Fsp3) is 0.447. The van der Waals surface area contributed by atoms with Crippen molar-refractivity contribution in [3.8, 4) is 5.75 Å². The summed E-state index contributed by atoms with van der Waals surface area (Å²) >= 11 is 0. The SMILES string of the molecule is COc1ccc(CC(NC(=O)C(CCCCNC(C)=O)NC(=O)OCc2ccccc2)C(=O)NC2C(CO)OC(n3cnc4c(N(C)C)ncnc43)C2O)cc1. The zero-order chi connectivity index (χ0) is 40.2. The first-order chi connectivity index (χ1) is 27.0. The molecule has 18 nitrogen and oxygen atoms in total. The van der Waals surface area contributed by atoms with Gasteiger partial charge in [-0.05, 0) is 42.5 Å². The maximum Gasteiger partial charge on any atom is 0.408 e. The lowest BCUT2D eigenvalue weighted by Gasteiger charge is -2.26. The third-order valence-corrected chi connectivity index (χ3v) is 9.25. The number of nitrogens with one attached hydrogen (secondary N) is 4. The molecule has 1 aliphatic heterocycles. The fourth-order valence-electron chi connectivity index (χ4n) is 6.32. The highest BCUT2D eigenvalue weighted by Crippen LogP contribution is 2.32. The number of hydrogen-bond acceptors (Lipinski definition) is 13. The molecular formula is C38H49N9O9. The van der Waals surface area contributed by atoms with Gasteiger partial charge in [0.1, 0.15) is 43.0 Å². The quantitative estimate of drug-likeness (QED) is 0.0775. The number of aromatic nitrogens is 4. The van der Waals surface area contributed by atoms with Crippen LogP contribution < -0.4 is 30.9 Å². The number of aliphatic hydroxyl groups excluding tert-OH is 2. The summed E-state index contributed by atoms with van der Waals surface area (Å²) in [5.74, 6) is -0.380. The van der Waals surface area contributed by atoms with Gasteiger partial charge in [-0.25, -0.2) is 19.7 Å². The summed E-state index contributed by atoms with van der Waals surface area (Å²) in [7, 11) is 5.14. The van der Waals surface area contributed by atoms with Gasteiger partial charge >= 0.3 is 6.09 Å². The first kappa shape index (κ1) is 41.3. The van der Waals surface area contributed by atoms with Crippen LogP contribution in [0.2, 0.25) is 0 Å². The maximum absolute atomic E-state index is 14.2. The van der Waals surface area contributed by atoms with Gasteiger partial charge in [0.15, 0.2) is 23.2 Å². The monoisotopic (exact) mass is 775 g/mol. The summed E-state index contributed by atoms with van der Waals surface area (Å²) in [4.78, 5) is 67.2. The van der Waals surface area contributed by atoms with Crippen molar-refractivity contribution in [1.82, 2.24) is 40.8 Å². The van der Waals surface area contributed by atoms with Gasteiger partial charge in [0.2, 0.25) is 17.7 Å². The number of aliphatic hydroxyl groups is 2. The summed E-state index contributed by atoms with van der Waals surface area (Å²) in [6.45, 7) is 1.21. The number of nitrogens with zero attached hydrogens (tertiary/aromatic N) is 5. The number of alkyl carbamates (subject to hydrolysis) is 1. The highest BCUT2D eigenvalue weighted by atomic mass is 16.6. The summed E-state index contributed by atoms with van der Waals surface area (Å²) in [6, 6.07) is 12.5. The minimum atomic E-state index is -1.37. The van der Waals surface area contributed by atoms with E-state index < -0.39 is 61.1 Å². The van der Waals surface area contributed by atoms with Crippen molar-refractivity contribution in [2.75, 3.05) is 39.3 Å². The van der Waals surface area contributed by atoms with E-state index in [1.165, 1.54) is 31.3 Å². The number of unbranched alkanes of at least 4 members (excludes halogenated alkanes) is 1. The number of ether oxygens (including phenoxy) is 3. The molecule has 56 heavy (non-hydrogen) atoms. The molecule has 1 fully saturated rings. The van der Waals surface area contributed by atoms with Crippen molar-refractivity contribution in [3.05, 3.63) is 78.4 Å². The molecule has 0 radical (unpaired) electrons. The van der Waals surface area contributed by atoms with Gasteiger partial charge in [-0.2, -0.15) is 0 Å². The first-order valence-electron chi connectivity index (χ1n) is 18.2. The second-order valence-corrected chi connectivity index (χ2v) is 13.5. The Labute approximate surface area is 323 Å². The van der Waals surface area contributed by atoms with Crippen molar-refractivity contribution < 1.29 is 43.6 Å². The number of carbonyl (C=O) groups is 4. The zero-order valence-electron chi connectivity index (χ0n) is 31.8. The van der Waals surface area contributed by atoms with E-state index in [9.17, 15) is 29.4 Å². The molecule has 3 heterocycles. The average Bonchev–Trinajstić information content (AvgIpc) is 3.76. The molecule has 6 atom stereocenters. The summed E-state index contributed by atoms with van der Waals surface area (Å²) in [6.07, 6.45) is -0.366. The van der Waals surface area contributed by atoms with Crippen LogP contribution in [0.1, 0.15) is 43.5 Å². The van der Waals surface area contributed by atoms with Crippen LogP contribution >= 0.6 is 0 Å². The molecule has 6 unspecified atom stereocenters. The molecular weight excluding hydrogens is 726 g/mol. The van der Waals surface area contributed by atoms with Crippen molar-refractivity contribution in [2.45, 2.75) is 75.8 Å². The Morgan fingerprint density at radius 2 is 1.70 bits per heavy atom.